The van der Waals surface area contributed by atoms with Gasteiger partial charge in [0.05, 0.1) is 11.4 Å². The van der Waals surface area contributed by atoms with Gasteiger partial charge >= 0.3 is 5.97 Å². The molecule has 1 aromatic carbocycles. The van der Waals surface area contributed by atoms with Crippen LogP contribution in [0.25, 0.3) is 5.69 Å². The van der Waals surface area contributed by atoms with Gasteiger partial charge in [-0.25, -0.2) is 0 Å². The lowest BCUT2D eigenvalue weighted by molar-refractivity contribution is -0.142. The van der Waals surface area contributed by atoms with E-state index >= 15 is 0 Å². The van der Waals surface area contributed by atoms with Crippen molar-refractivity contribution in [2.24, 2.45) is 0 Å². The van der Waals surface area contributed by atoms with Gasteiger partial charge in [0, 0.05) is 6.92 Å². The number of benzene rings is 1. The normalized spacial score (nSPS) is 10.2. The molecule has 0 saturated heterocycles. The highest BCUT2D eigenvalue weighted by atomic mass is 16.5. The molecule has 0 N–H and O–H groups in total. The molecule has 88 valence electrons. The summed E-state index contributed by atoms with van der Waals surface area (Å²) < 4.78 is 4.90. The van der Waals surface area contributed by atoms with Crippen LogP contribution in [0.4, 0.5) is 0 Å². The number of aromatic nitrogens is 3. The SMILES string of the molecule is CC(=O)OCc1nn(-c2ccccc2)nc1C. The third-order valence-electron chi connectivity index (χ3n) is 2.28. The second-order valence-electron chi connectivity index (χ2n) is 3.64. The molecule has 1 aromatic heterocycles. The molecular formula is C12H13N3O2. The summed E-state index contributed by atoms with van der Waals surface area (Å²) in [6.07, 6.45) is 0. The van der Waals surface area contributed by atoms with Gasteiger partial charge in [-0.05, 0) is 19.1 Å². The highest BCUT2D eigenvalue weighted by molar-refractivity contribution is 5.65. The maximum absolute atomic E-state index is 10.7. The van der Waals surface area contributed by atoms with Crippen LogP contribution in [0.15, 0.2) is 30.3 Å². The van der Waals surface area contributed by atoms with Gasteiger partial charge in [0.25, 0.3) is 0 Å². The van der Waals surface area contributed by atoms with E-state index in [1.165, 1.54) is 11.7 Å². The van der Waals surface area contributed by atoms with Crippen molar-refractivity contribution in [2.45, 2.75) is 20.5 Å². The Balaban J connectivity index is 2.22. The molecule has 5 nitrogen and oxygen atoms in total. The number of aryl methyl sites for hydroxylation is 1. The molecule has 5 heteroatoms. The van der Waals surface area contributed by atoms with Crippen LogP contribution >= 0.6 is 0 Å². The first kappa shape index (κ1) is 11.3. The molecule has 0 unspecified atom stereocenters. The molecule has 0 amide bonds. The molecule has 0 spiro atoms. The molecule has 2 aromatic rings. The molecule has 0 radical (unpaired) electrons. The highest BCUT2D eigenvalue weighted by Crippen LogP contribution is 2.08. The average molecular weight is 231 g/mol. The van der Waals surface area contributed by atoms with Crippen molar-refractivity contribution in [3.05, 3.63) is 41.7 Å². The van der Waals surface area contributed by atoms with Crippen molar-refractivity contribution in [3.63, 3.8) is 0 Å². The number of para-hydroxylation sites is 1. The van der Waals surface area contributed by atoms with E-state index < -0.39 is 0 Å². The number of esters is 1. The summed E-state index contributed by atoms with van der Waals surface area (Å²) in [4.78, 5) is 12.3. The van der Waals surface area contributed by atoms with Crippen LogP contribution < -0.4 is 0 Å². The lowest BCUT2D eigenvalue weighted by Gasteiger charge is -1.98. The Labute approximate surface area is 99.0 Å². The van der Waals surface area contributed by atoms with E-state index in [1.54, 1.807) is 0 Å². The second-order valence-corrected chi connectivity index (χ2v) is 3.64. The summed E-state index contributed by atoms with van der Waals surface area (Å²) in [5, 5.41) is 8.55. The fourth-order valence-corrected chi connectivity index (χ4v) is 1.39. The Hall–Kier alpha value is -2.17. The van der Waals surface area contributed by atoms with E-state index in [-0.39, 0.29) is 12.6 Å². The minimum Gasteiger partial charge on any atom is -0.459 e. The summed E-state index contributed by atoms with van der Waals surface area (Å²) in [5.74, 6) is -0.321. The summed E-state index contributed by atoms with van der Waals surface area (Å²) >= 11 is 0. The first-order valence-electron chi connectivity index (χ1n) is 5.28. The maximum atomic E-state index is 10.7. The monoisotopic (exact) mass is 231 g/mol. The Morgan fingerprint density at radius 2 is 2.00 bits per heavy atom. The molecule has 0 aliphatic heterocycles. The molecule has 0 fully saturated rings. The summed E-state index contributed by atoms with van der Waals surface area (Å²) in [5.41, 5.74) is 2.31. The van der Waals surface area contributed by atoms with Crippen LogP contribution in [0.3, 0.4) is 0 Å². The van der Waals surface area contributed by atoms with Gasteiger partial charge in [-0.3, -0.25) is 4.79 Å². The zero-order chi connectivity index (χ0) is 12.3. The van der Waals surface area contributed by atoms with Gasteiger partial charge in [-0.2, -0.15) is 9.90 Å². The second kappa shape index (κ2) is 4.78. The fourth-order valence-electron chi connectivity index (χ4n) is 1.39. The molecule has 1 heterocycles. The summed E-state index contributed by atoms with van der Waals surface area (Å²) in [6.45, 7) is 3.37. The van der Waals surface area contributed by atoms with Crippen molar-refractivity contribution in [3.8, 4) is 5.69 Å². The molecule has 17 heavy (non-hydrogen) atoms. The van der Waals surface area contributed by atoms with E-state index in [2.05, 4.69) is 10.2 Å². The molecule has 0 aliphatic rings. The van der Waals surface area contributed by atoms with E-state index in [0.717, 1.165) is 11.4 Å². The average Bonchev–Trinajstić information content (AvgIpc) is 2.69. The highest BCUT2D eigenvalue weighted by Gasteiger charge is 2.09. The van der Waals surface area contributed by atoms with Crippen molar-refractivity contribution in [2.75, 3.05) is 0 Å². The topological polar surface area (TPSA) is 57.0 Å². The van der Waals surface area contributed by atoms with Crippen LogP contribution in [0, 0.1) is 6.92 Å². The van der Waals surface area contributed by atoms with E-state index in [4.69, 9.17) is 4.74 Å². The number of rotatable bonds is 3. The predicted molar refractivity (Wildman–Crippen MR) is 61.6 cm³/mol. The van der Waals surface area contributed by atoms with Gasteiger partial charge in [0.2, 0.25) is 0 Å². The fraction of sp³-hybridized carbons (Fsp3) is 0.250. The smallest absolute Gasteiger partial charge is 0.303 e. The Morgan fingerprint density at radius 3 is 2.65 bits per heavy atom. The predicted octanol–water partition coefficient (Wildman–Crippen LogP) is 1.64. The first-order chi connectivity index (χ1) is 8.16. The van der Waals surface area contributed by atoms with Crippen LogP contribution in [-0.4, -0.2) is 21.0 Å². The maximum Gasteiger partial charge on any atom is 0.303 e. The van der Waals surface area contributed by atoms with Gasteiger partial charge in [-0.15, -0.1) is 5.10 Å². The Morgan fingerprint density at radius 1 is 1.29 bits per heavy atom. The number of carbonyl (C=O) groups excluding carboxylic acids is 1. The van der Waals surface area contributed by atoms with E-state index in [0.29, 0.717) is 5.69 Å². The number of hydrogen-bond donors (Lipinski definition) is 0. The molecule has 0 bridgehead atoms. The van der Waals surface area contributed by atoms with Gasteiger partial charge < -0.3 is 4.74 Å². The summed E-state index contributed by atoms with van der Waals surface area (Å²) in [6, 6.07) is 9.59. The quantitative estimate of drug-likeness (QED) is 0.753. The van der Waals surface area contributed by atoms with Crippen LogP contribution in [0.5, 0.6) is 0 Å². The van der Waals surface area contributed by atoms with Crippen LogP contribution in [0.1, 0.15) is 18.3 Å². The van der Waals surface area contributed by atoms with Crippen LogP contribution in [-0.2, 0) is 16.1 Å². The lowest BCUT2D eigenvalue weighted by atomic mass is 10.3. The minimum atomic E-state index is -0.321. The molecular weight excluding hydrogens is 218 g/mol. The minimum absolute atomic E-state index is 0.161. The first-order valence-corrected chi connectivity index (χ1v) is 5.28. The lowest BCUT2D eigenvalue weighted by Crippen LogP contribution is -2.02. The van der Waals surface area contributed by atoms with Crippen molar-refractivity contribution in [1.29, 1.82) is 0 Å². The number of ether oxygens (including phenoxy) is 1. The number of carbonyl (C=O) groups is 1. The van der Waals surface area contributed by atoms with Gasteiger partial charge in [-0.1, -0.05) is 18.2 Å². The largest absolute Gasteiger partial charge is 0.459 e. The Bertz CT molecular complexity index is 520. The van der Waals surface area contributed by atoms with E-state index in [1.807, 2.05) is 37.3 Å². The molecule has 0 saturated carbocycles. The standard InChI is InChI=1S/C12H13N3O2/c1-9-12(8-17-10(2)16)14-15(13-9)11-6-4-3-5-7-11/h3-7H,8H2,1-2H3. The summed E-state index contributed by atoms with van der Waals surface area (Å²) in [7, 11) is 0. The van der Waals surface area contributed by atoms with Crippen molar-refractivity contribution >= 4 is 5.97 Å². The van der Waals surface area contributed by atoms with E-state index in [9.17, 15) is 4.79 Å². The third-order valence-corrected chi connectivity index (χ3v) is 2.28. The molecule has 0 atom stereocenters. The van der Waals surface area contributed by atoms with Crippen molar-refractivity contribution in [1.82, 2.24) is 15.0 Å². The Kier molecular flexibility index (Phi) is 3.18. The zero-order valence-corrected chi connectivity index (χ0v) is 9.75. The third kappa shape index (κ3) is 2.69. The molecule has 0 aliphatic carbocycles. The van der Waals surface area contributed by atoms with Gasteiger partial charge in [0.15, 0.2) is 0 Å². The van der Waals surface area contributed by atoms with Gasteiger partial charge in [0.1, 0.15) is 12.3 Å². The zero-order valence-electron chi connectivity index (χ0n) is 9.75. The van der Waals surface area contributed by atoms with Crippen molar-refractivity contribution < 1.29 is 9.53 Å². The number of nitrogens with zero attached hydrogens (tertiary/aromatic N) is 3. The number of hydrogen-bond acceptors (Lipinski definition) is 4. The molecule has 2 rings (SSSR count). The van der Waals surface area contributed by atoms with Crippen LogP contribution in [0.2, 0.25) is 0 Å².